The summed E-state index contributed by atoms with van der Waals surface area (Å²) in [4.78, 5) is 17.5. The van der Waals surface area contributed by atoms with Crippen LogP contribution in [0.25, 0.3) is 0 Å². The molecule has 1 aliphatic rings. The number of carbonyl (C=O) groups is 1. The molecule has 0 unspecified atom stereocenters. The van der Waals surface area contributed by atoms with Gasteiger partial charge in [0.1, 0.15) is 0 Å². The lowest BCUT2D eigenvalue weighted by molar-refractivity contribution is -0.129. The predicted molar refractivity (Wildman–Crippen MR) is 71.1 cm³/mol. The topological polar surface area (TPSA) is 45.2 Å². The number of nitrogens with one attached hydrogen (secondary N) is 1. The van der Waals surface area contributed by atoms with Crippen LogP contribution in [0.1, 0.15) is 31.0 Å². The summed E-state index contributed by atoms with van der Waals surface area (Å²) in [6, 6.07) is 4.55. The fraction of sp³-hybridized carbons (Fsp3) is 0.571. The Bertz CT molecular complexity index is 411. The van der Waals surface area contributed by atoms with Gasteiger partial charge in [0.05, 0.1) is 5.69 Å². The molecule has 0 radical (unpaired) electrons. The van der Waals surface area contributed by atoms with Crippen molar-refractivity contribution < 1.29 is 4.79 Å². The minimum absolute atomic E-state index is 0.189. The van der Waals surface area contributed by atoms with Gasteiger partial charge in [0.2, 0.25) is 5.91 Å². The van der Waals surface area contributed by atoms with Gasteiger partial charge in [-0.15, -0.1) is 0 Å². The van der Waals surface area contributed by atoms with Gasteiger partial charge in [0.25, 0.3) is 0 Å². The Morgan fingerprint density at radius 3 is 2.83 bits per heavy atom. The summed E-state index contributed by atoms with van der Waals surface area (Å²) >= 11 is 0. The van der Waals surface area contributed by atoms with E-state index in [4.69, 9.17) is 0 Å². The van der Waals surface area contributed by atoms with E-state index in [0.29, 0.717) is 6.04 Å². The van der Waals surface area contributed by atoms with Gasteiger partial charge in [0.15, 0.2) is 0 Å². The second-order valence-corrected chi connectivity index (χ2v) is 4.93. The largest absolute Gasteiger partial charge is 0.343 e. The van der Waals surface area contributed by atoms with Crippen molar-refractivity contribution in [2.75, 3.05) is 13.1 Å². The standard InChI is InChI=1S/C14H21N3O/c1-11-4-3-7-15-14(11)10-16-13-5-8-17(9-6-13)12(2)18/h3-4,7,13,16H,5-6,8-10H2,1-2H3. The minimum Gasteiger partial charge on any atom is -0.343 e. The van der Waals surface area contributed by atoms with Crippen LogP contribution in [0, 0.1) is 6.92 Å². The number of rotatable bonds is 3. The number of hydrogen-bond donors (Lipinski definition) is 1. The highest BCUT2D eigenvalue weighted by molar-refractivity contribution is 5.73. The molecule has 1 aromatic rings. The van der Waals surface area contributed by atoms with E-state index in [0.717, 1.165) is 38.2 Å². The van der Waals surface area contributed by atoms with E-state index in [1.165, 1.54) is 5.56 Å². The number of hydrogen-bond acceptors (Lipinski definition) is 3. The second-order valence-electron chi connectivity index (χ2n) is 4.93. The van der Waals surface area contributed by atoms with Crippen molar-refractivity contribution in [3.63, 3.8) is 0 Å². The highest BCUT2D eigenvalue weighted by Crippen LogP contribution is 2.11. The van der Waals surface area contributed by atoms with Crippen LogP contribution in [-0.2, 0) is 11.3 Å². The monoisotopic (exact) mass is 247 g/mol. The lowest BCUT2D eigenvalue weighted by Crippen LogP contribution is -2.44. The van der Waals surface area contributed by atoms with Crippen LogP contribution in [0.5, 0.6) is 0 Å². The first-order valence-electron chi connectivity index (χ1n) is 6.56. The highest BCUT2D eigenvalue weighted by Gasteiger charge is 2.20. The average molecular weight is 247 g/mol. The summed E-state index contributed by atoms with van der Waals surface area (Å²) in [5.74, 6) is 0.189. The first-order valence-corrected chi connectivity index (χ1v) is 6.56. The van der Waals surface area contributed by atoms with Gasteiger partial charge in [0, 0.05) is 38.8 Å². The Morgan fingerprint density at radius 1 is 1.50 bits per heavy atom. The molecule has 0 spiro atoms. The van der Waals surface area contributed by atoms with Crippen molar-refractivity contribution in [2.24, 2.45) is 0 Å². The number of piperidine rings is 1. The third kappa shape index (κ3) is 3.29. The maximum absolute atomic E-state index is 11.2. The van der Waals surface area contributed by atoms with Gasteiger partial charge in [-0.05, 0) is 31.4 Å². The number of likely N-dealkylation sites (tertiary alicyclic amines) is 1. The van der Waals surface area contributed by atoms with Crippen molar-refractivity contribution in [2.45, 2.75) is 39.3 Å². The molecule has 0 atom stereocenters. The van der Waals surface area contributed by atoms with Crippen molar-refractivity contribution in [3.8, 4) is 0 Å². The lowest BCUT2D eigenvalue weighted by Gasteiger charge is -2.31. The van der Waals surface area contributed by atoms with Gasteiger partial charge in [-0.3, -0.25) is 9.78 Å². The first-order chi connectivity index (χ1) is 8.66. The predicted octanol–water partition coefficient (Wildman–Crippen LogP) is 1.49. The fourth-order valence-corrected chi connectivity index (χ4v) is 2.34. The van der Waals surface area contributed by atoms with E-state index in [9.17, 15) is 4.79 Å². The van der Waals surface area contributed by atoms with Crippen LogP contribution < -0.4 is 5.32 Å². The zero-order chi connectivity index (χ0) is 13.0. The molecule has 98 valence electrons. The summed E-state index contributed by atoms with van der Waals surface area (Å²) in [6.45, 7) is 6.28. The van der Waals surface area contributed by atoms with Crippen LogP contribution in [0.4, 0.5) is 0 Å². The normalized spacial score (nSPS) is 16.9. The summed E-state index contributed by atoms with van der Waals surface area (Å²) in [6.07, 6.45) is 3.90. The van der Waals surface area contributed by atoms with Crippen molar-refractivity contribution in [1.82, 2.24) is 15.2 Å². The second kappa shape index (κ2) is 5.96. The summed E-state index contributed by atoms with van der Waals surface area (Å²) < 4.78 is 0. The molecule has 2 heterocycles. The van der Waals surface area contributed by atoms with E-state index in [1.54, 1.807) is 6.92 Å². The summed E-state index contributed by atoms with van der Waals surface area (Å²) in [7, 11) is 0. The maximum Gasteiger partial charge on any atom is 0.219 e. The van der Waals surface area contributed by atoms with Gasteiger partial charge in [-0.25, -0.2) is 0 Å². The van der Waals surface area contributed by atoms with E-state index >= 15 is 0 Å². The number of aromatic nitrogens is 1. The Balaban J connectivity index is 1.79. The number of carbonyl (C=O) groups excluding carboxylic acids is 1. The van der Waals surface area contributed by atoms with Crippen molar-refractivity contribution >= 4 is 5.91 Å². The van der Waals surface area contributed by atoms with E-state index < -0.39 is 0 Å². The van der Waals surface area contributed by atoms with Gasteiger partial charge < -0.3 is 10.2 Å². The molecule has 1 saturated heterocycles. The molecule has 18 heavy (non-hydrogen) atoms. The number of aryl methyl sites for hydroxylation is 1. The molecule has 0 saturated carbocycles. The third-order valence-electron chi connectivity index (χ3n) is 3.62. The third-order valence-corrected chi connectivity index (χ3v) is 3.62. The Kier molecular flexibility index (Phi) is 4.31. The molecule has 0 aliphatic carbocycles. The zero-order valence-electron chi connectivity index (χ0n) is 11.1. The SMILES string of the molecule is CC(=O)N1CCC(NCc2ncccc2C)CC1. The number of nitrogens with zero attached hydrogens (tertiary/aromatic N) is 2. The number of pyridine rings is 1. The van der Waals surface area contributed by atoms with Crippen molar-refractivity contribution in [3.05, 3.63) is 29.6 Å². The lowest BCUT2D eigenvalue weighted by atomic mass is 10.0. The van der Waals surface area contributed by atoms with Gasteiger partial charge in [-0.1, -0.05) is 6.07 Å². The summed E-state index contributed by atoms with van der Waals surface area (Å²) in [5.41, 5.74) is 2.35. The molecule has 1 N–H and O–H groups in total. The molecule has 1 amide bonds. The van der Waals surface area contributed by atoms with Crippen LogP contribution in [-0.4, -0.2) is 34.9 Å². The van der Waals surface area contributed by atoms with Gasteiger partial charge >= 0.3 is 0 Å². The molecule has 0 bridgehead atoms. The number of amides is 1. The van der Waals surface area contributed by atoms with Crippen LogP contribution in [0.15, 0.2) is 18.3 Å². The molecule has 4 nitrogen and oxygen atoms in total. The molecular formula is C14H21N3O. The fourth-order valence-electron chi connectivity index (χ4n) is 2.34. The summed E-state index contributed by atoms with van der Waals surface area (Å²) in [5, 5.41) is 3.54. The van der Waals surface area contributed by atoms with Crippen molar-refractivity contribution in [1.29, 1.82) is 0 Å². The Hall–Kier alpha value is -1.42. The molecule has 0 aromatic carbocycles. The Labute approximate surface area is 108 Å². The average Bonchev–Trinajstić information content (AvgIpc) is 2.38. The Morgan fingerprint density at radius 2 is 2.22 bits per heavy atom. The van der Waals surface area contributed by atoms with Gasteiger partial charge in [-0.2, -0.15) is 0 Å². The molecule has 1 aromatic heterocycles. The first kappa shape index (κ1) is 13.0. The highest BCUT2D eigenvalue weighted by atomic mass is 16.2. The van der Waals surface area contributed by atoms with E-state index in [2.05, 4.69) is 23.3 Å². The maximum atomic E-state index is 11.2. The minimum atomic E-state index is 0.189. The molecule has 1 aliphatic heterocycles. The van der Waals surface area contributed by atoms with Crippen LogP contribution in [0.3, 0.4) is 0 Å². The molecule has 2 rings (SSSR count). The van der Waals surface area contributed by atoms with Crippen LogP contribution in [0.2, 0.25) is 0 Å². The van der Waals surface area contributed by atoms with Crippen LogP contribution >= 0.6 is 0 Å². The zero-order valence-corrected chi connectivity index (χ0v) is 11.1. The van der Waals surface area contributed by atoms with E-state index in [1.807, 2.05) is 17.2 Å². The quantitative estimate of drug-likeness (QED) is 0.880. The molecule has 1 fully saturated rings. The molecular weight excluding hydrogens is 226 g/mol. The molecule has 4 heteroatoms. The smallest absolute Gasteiger partial charge is 0.219 e. The van der Waals surface area contributed by atoms with E-state index in [-0.39, 0.29) is 5.91 Å².